The van der Waals surface area contributed by atoms with Crippen LogP contribution in [0.2, 0.25) is 0 Å². The lowest BCUT2D eigenvalue weighted by atomic mass is 10.0. The van der Waals surface area contributed by atoms with Crippen molar-refractivity contribution < 1.29 is 5.11 Å². The van der Waals surface area contributed by atoms with Crippen molar-refractivity contribution in [3.05, 3.63) is 35.4 Å². The van der Waals surface area contributed by atoms with Crippen molar-refractivity contribution in [2.24, 2.45) is 5.92 Å². The van der Waals surface area contributed by atoms with Crippen molar-refractivity contribution in [3.8, 4) is 0 Å². The first-order valence-electron chi connectivity index (χ1n) is 8.22. The Morgan fingerprint density at radius 3 is 2.60 bits per heavy atom. The van der Waals surface area contributed by atoms with Gasteiger partial charge in [0.1, 0.15) is 0 Å². The van der Waals surface area contributed by atoms with Crippen LogP contribution in [0.1, 0.15) is 56.8 Å². The van der Waals surface area contributed by atoms with Gasteiger partial charge in [-0.3, -0.25) is 0 Å². The zero-order valence-corrected chi connectivity index (χ0v) is 13.0. The summed E-state index contributed by atoms with van der Waals surface area (Å²) in [6.07, 6.45) is 5.87. The molecule has 0 bridgehead atoms. The highest BCUT2D eigenvalue weighted by Crippen LogP contribution is 2.23. The number of aryl methyl sites for hydroxylation is 1. The number of likely N-dealkylation sites (tertiary alicyclic amines) is 1. The normalized spacial score (nSPS) is 21.2. The molecule has 2 heteroatoms. The Morgan fingerprint density at radius 2 is 1.95 bits per heavy atom. The molecule has 1 fully saturated rings. The van der Waals surface area contributed by atoms with E-state index in [9.17, 15) is 5.11 Å². The maximum absolute atomic E-state index is 10.4. The first kappa shape index (κ1) is 15.5. The molecule has 2 atom stereocenters. The lowest BCUT2D eigenvalue weighted by molar-refractivity contribution is 0.124. The third-order valence-electron chi connectivity index (χ3n) is 4.40. The molecule has 1 heterocycles. The maximum Gasteiger partial charge on any atom is 0.0916 e. The minimum Gasteiger partial charge on any atom is -0.387 e. The van der Waals surface area contributed by atoms with Crippen LogP contribution in [0.25, 0.3) is 0 Å². The molecule has 1 aliphatic heterocycles. The lowest BCUT2D eigenvalue weighted by Crippen LogP contribution is -2.26. The van der Waals surface area contributed by atoms with Crippen LogP contribution in [0, 0.1) is 5.92 Å². The highest BCUT2D eigenvalue weighted by molar-refractivity contribution is 5.24. The standard InChI is InChI=1S/C18H29NO/c1-3-5-15-7-9-17(10-8-15)18(20)14-19-12-11-16(13-19)6-4-2/h7-10,16,18,20H,3-6,11-14H2,1-2H3. The van der Waals surface area contributed by atoms with Crippen LogP contribution in [-0.2, 0) is 6.42 Å². The van der Waals surface area contributed by atoms with Gasteiger partial charge in [-0.1, -0.05) is 51.0 Å². The summed E-state index contributed by atoms with van der Waals surface area (Å²) < 4.78 is 0. The van der Waals surface area contributed by atoms with Gasteiger partial charge in [0.05, 0.1) is 6.10 Å². The zero-order chi connectivity index (χ0) is 14.4. The number of rotatable bonds is 7. The van der Waals surface area contributed by atoms with Gasteiger partial charge in [0, 0.05) is 13.1 Å². The number of hydrogen-bond donors (Lipinski definition) is 1. The summed E-state index contributed by atoms with van der Waals surface area (Å²) in [5.41, 5.74) is 2.43. The number of benzene rings is 1. The molecular formula is C18H29NO. The van der Waals surface area contributed by atoms with E-state index in [1.165, 1.54) is 37.8 Å². The number of β-amino-alcohol motifs (C(OH)–C–C–N with tert-alkyl or cyclic N) is 1. The van der Waals surface area contributed by atoms with E-state index in [0.29, 0.717) is 0 Å². The second-order valence-corrected chi connectivity index (χ2v) is 6.21. The quantitative estimate of drug-likeness (QED) is 0.818. The number of aliphatic hydroxyl groups excluding tert-OH is 1. The molecule has 0 aliphatic carbocycles. The van der Waals surface area contributed by atoms with Crippen molar-refractivity contribution in [2.45, 2.75) is 52.1 Å². The van der Waals surface area contributed by atoms with Crippen LogP contribution in [0.3, 0.4) is 0 Å². The summed E-state index contributed by atoms with van der Waals surface area (Å²) in [5.74, 6) is 0.846. The van der Waals surface area contributed by atoms with E-state index in [4.69, 9.17) is 0 Å². The molecule has 1 aromatic rings. The highest BCUT2D eigenvalue weighted by atomic mass is 16.3. The highest BCUT2D eigenvalue weighted by Gasteiger charge is 2.23. The number of hydrogen-bond acceptors (Lipinski definition) is 2. The van der Waals surface area contributed by atoms with Crippen molar-refractivity contribution in [1.82, 2.24) is 4.90 Å². The van der Waals surface area contributed by atoms with Gasteiger partial charge in [0.15, 0.2) is 0 Å². The van der Waals surface area contributed by atoms with E-state index in [0.717, 1.165) is 31.0 Å². The average molecular weight is 275 g/mol. The van der Waals surface area contributed by atoms with Crippen molar-refractivity contribution in [1.29, 1.82) is 0 Å². The Kier molecular flexibility index (Phi) is 6.06. The zero-order valence-electron chi connectivity index (χ0n) is 13.0. The molecule has 0 spiro atoms. The van der Waals surface area contributed by atoms with Gasteiger partial charge in [-0.2, -0.15) is 0 Å². The molecule has 0 saturated carbocycles. The predicted molar refractivity (Wildman–Crippen MR) is 84.9 cm³/mol. The fourth-order valence-electron chi connectivity index (χ4n) is 3.27. The van der Waals surface area contributed by atoms with Gasteiger partial charge in [-0.05, 0) is 42.9 Å². The number of aliphatic hydroxyl groups is 1. The van der Waals surface area contributed by atoms with Crippen LogP contribution < -0.4 is 0 Å². The van der Waals surface area contributed by atoms with Gasteiger partial charge in [0.25, 0.3) is 0 Å². The van der Waals surface area contributed by atoms with Gasteiger partial charge < -0.3 is 10.0 Å². The third-order valence-corrected chi connectivity index (χ3v) is 4.40. The van der Waals surface area contributed by atoms with Gasteiger partial charge >= 0.3 is 0 Å². The van der Waals surface area contributed by atoms with Crippen LogP contribution in [0.15, 0.2) is 24.3 Å². The van der Waals surface area contributed by atoms with Crippen LogP contribution >= 0.6 is 0 Å². The van der Waals surface area contributed by atoms with E-state index >= 15 is 0 Å². The second kappa shape index (κ2) is 7.80. The van der Waals surface area contributed by atoms with E-state index in [1.54, 1.807) is 0 Å². The molecule has 2 unspecified atom stereocenters. The largest absolute Gasteiger partial charge is 0.387 e. The minimum absolute atomic E-state index is 0.342. The molecule has 1 aromatic carbocycles. The average Bonchev–Trinajstić information content (AvgIpc) is 2.88. The monoisotopic (exact) mass is 275 g/mol. The third kappa shape index (κ3) is 4.32. The van der Waals surface area contributed by atoms with E-state index in [1.807, 2.05) is 0 Å². The summed E-state index contributed by atoms with van der Waals surface area (Å²) in [7, 11) is 0. The second-order valence-electron chi connectivity index (χ2n) is 6.21. The Balaban J connectivity index is 1.84. The lowest BCUT2D eigenvalue weighted by Gasteiger charge is -2.20. The fraction of sp³-hybridized carbons (Fsp3) is 0.667. The molecule has 0 amide bonds. The Morgan fingerprint density at radius 1 is 1.20 bits per heavy atom. The summed E-state index contributed by atoms with van der Waals surface area (Å²) in [6.45, 7) is 7.56. The molecule has 1 saturated heterocycles. The van der Waals surface area contributed by atoms with E-state index < -0.39 is 0 Å². The van der Waals surface area contributed by atoms with Crippen LogP contribution in [0.5, 0.6) is 0 Å². The Hall–Kier alpha value is -0.860. The van der Waals surface area contributed by atoms with Gasteiger partial charge in [-0.15, -0.1) is 0 Å². The SMILES string of the molecule is CCCc1ccc(C(O)CN2CCC(CCC)C2)cc1. The molecule has 0 aromatic heterocycles. The summed E-state index contributed by atoms with van der Waals surface area (Å²) in [4.78, 5) is 2.42. The Bertz CT molecular complexity index is 387. The first-order valence-corrected chi connectivity index (χ1v) is 8.22. The molecule has 2 nitrogen and oxygen atoms in total. The predicted octanol–water partition coefficient (Wildman–Crippen LogP) is 3.79. The van der Waals surface area contributed by atoms with E-state index in [-0.39, 0.29) is 6.10 Å². The van der Waals surface area contributed by atoms with Crippen molar-refractivity contribution in [2.75, 3.05) is 19.6 Å². The molecular weight excluding hydrogens is 246 g/mol. The summed E-state index contributed by atoms with van der Waals surface area (Å²) in [6, 6.07) is 8.50. The first-order chi connectivity index (χ1) is 9.72. The van der Waals surface area contributed by atoms with Gasteiger partial charge in [0.2, 0.25) is 0 Å². The molecule has 0 radical (unpaired) electrons. The smallest absolute Gasteiger partial charge is 0.0916 e. The molecule has 1 aliphatic rings. The van der Waals surface area contributed by atoms with Gasteiger partial charge in [-0.25, -0.2) is 0 Å². The molecule has 112 valence electrons. The molecule has 1 N–H and O–H groups in total. The maximum atomic E-state index is 10.4. The summed E-state index contributed by atoms with van der Waals surface area (Å²) in [5, 5.41) is 10.4. The minimum atomic E-state index is -0.342. The topological polar surface area (TPSA) is 23.5 Å². The van der Waals surface area contributed by atoms with Crippen LogP contribution in [-0.4, -0.2) is 29.6 Å². The van der Waals surface area contributed by atoms with Crippen molar-refractivity contribution >= 4 is 0 Å². The fourth-order valence-corrected chi connectivity index (χ4v) is 3.27. The Labute approximate surface area is 123 Å². The molecule has 2 rings (SSSR count). The summed E-state index contributed by atoms with van der Waals surface area (Å²) >= 11 is 0. The van der Waals surface area contributed by atoms with Crippen molar-refractivity contribution in [3.63, 3.8) is 0 Å². The molecule has 20 heavy (non-hydrogen) atoms. The number of nitrogens with zero attached hydrogens (tertiary/aromatic N) is 1. The van der Waals surface area contributed by atoms with E-state index in [2.05, 4.69) is 43.0 Å². The van der Waals surface area contributed by atoms with Crippen LogP contribution in [0.4, 0.5) is 0 Å².